The lowest BCUT2D eigenvalue weighted by molar-refractivity contribution is -0.141. The predicted molar refractivity (Wildman–Crippen MR) is 63.2 cm³/mol. The van der Waals surface area contributed by atoms with Crippen molar-refractivity contribution in [3.63, 3.8) is 0 Å². The molecular weight excluding hydrogens is 247 g/mol. The van der Waals surface area contributed by atoms with Gasteiger partial charge in [0, 0.05) is 19.7 Å². The second-order valence-electron chi connectivity index (χ2n) is 3.78. The molecule has 3 N–H and O–H groups in total. The monoisotopic (exact) mass is 263 g/mol. The van der Waals surface area contributed by atoms with Crippen molar-refractivity contribution in [2.24, 2.45) is 0 Å². The Morgan fingerprint density at radius 1 is 1.44 bits per heavy atom. The van der Waals surface area contributed by atoms with Crippen LogP contribution in [0.2, 0.25) is 0 Å². The molecule has 18 heavy (non-hydrogen) atoms. The van der Waals surface area contributed by atoms with Crippen LogP contribution in [0.5, 0.6) is 0 Å². The Kier molecular flexibility index (Phi) is 4.77. The van der Waals surface area contributed by atoms with E-state index in [2.05, 4.69) is 4.98 Å². The van der Waals surface area contributed by atoms with Gasteiger partial charge in [-0.3, -0.25) is 0 Å². The highest BCUT2D eigenvalue weighted by molar-refractivity contribution is 5.67. The van der Waals surface area contributed by atoms with Gasteiger partial charge in [-0.25, -0.2) is 4.98 Å². The van der Waals surface area contributed by atoms with E-state index >= 15 is 0 Å². The third kappa shape index (κ3) is 3.49. The van der Waals surface area contributed by atoms with Gasteiger partial charge in [-0.05, 0) is 19.4 Å². The van der Waals surface area contributed by atoms with Gasteiger partial charge in [0.1, 0.15) is 5.69 Å². The third-order valence-corrected chi connectivity index (χ3v) is 2.51. The summed E-state index contributed by atoms with van der Waals surface area (Å²) in [4.78, 5) is 4.96. The lowest BCUT2D eigenvalue weighted by Gasteiger charge is -2.24. The molecule has 0 aliphatic rings. The number of hydrogen-bond acceptors (Lipinski definition) is 4. The van der Waals surface area contributed by atoms with Crippen molar-refractivity contribution < 1.29 is 18.3 Å². The maximum atomic E-state index is 12.6. The molecule has 1 rings (SSSR count). The number of aliphatic hydroxyl groups is 1. The van der Waals surface area contributed by atoms with E-state index in [1.165, 1.54) is 0 Å². The Labute approximate surface area is 103 Å². The van der Waals surface area contributed by atoms with Crippen LogP contribution >= 0.6 is 0 Å². The largest absolute Gasteiger partial charge is 0.433 e. The molecule has 0 unspecified atom stereocenters. The molecule has 0 aromatic carbocycles. The van der Waals surface area contributed by atoms with Crippen LogP contribution in [0.25, 0.3) is 0 Å². The molecular formula is C11H16F3N3O. The molecule has 0 saturated carbocycles. The molecule has 102 valence electrons. The quantitative estimate of drug-likeness (QED) is 0.851. The first-order valence-corrected chi connectivity index (χ1v) is 5.58. The summed E-state index contributed by atoms with van der Waals surface area (Å²) in [6.45, 7) is 2.74. The number of hydrogen-bond donors (Lipinski definition) is 2. The van der Waals surface area contributed by atoms with E-state index in [0.29, 0.717) is 25.2 Å². The molecule has 0 spiro atoms. The number of nitrogen functional groups attached to an aromatic ring is 1. The molecule has 0 radical (unpaired) electrons. The van der Waals surface area contributed by atoms with Gasteiger partial charge in [-0.1, -0.05) is 0 Å². The molecule has 1 aromatic heterocycles. The van der Waals surface area contributed by atoms with Gasteiger partial charge in [0.25, 0.3) is 0 Å². The summed E-state index contributed by atoms with van der Waals surface area (Å²) in [5.74, 6) is 0. The normalized spacial score (nSPS) is 11.6. The van der Waals surface area contributed by atoms with Gasteiger partial charge in [-0.15, -0.1) is 0 Å². The molecule has 0 fully saturated rings. The number of alkyl halides is 3. The predicted octanol–water partition coefficient (Wildman–Crippen LogP) is 1.89. The van der Waals surface area contributed by atoms with Crippen molar-refractivity contribution in [3.8, 4) is 0 Å². The van der Waals surface area contributed by atoms with E-state index in [1.54, 1.807) is 4.90 Å². The maximum absolute atomic E-state index is 12.6. The zero-order valence-corrected chi connectivity index (χ0v) is 10.0. The molecule has 4 nitrogen and oxygen atoms in total. The topological polar surface area (TPSA) is 62.4 Å². The van der Waals surface area contributed by atoms with E-state index in [1.807, 2.05) is 6.92 Å². The molecule has 1 aromatic rings. The van der Waals surface area contributed by atoms with E-state index < -0.39 is 11.9 Å². The van der Waals surface area contributed by atoms with Gasteiger partial charge in [0.2, 0.25) is 0 Å². The Morgan fingerprint density at radius 2 is 2.11 bits per heavy atom. The highest BCUT2D eigenvalue weighted by Gasteiger charge is 2.33. The Morgan fingerprint density at radius 3 is 2.61 bits per heavy atom. The molecule has 1 heterocycles. The van der Waals surface area contributed by atoms with E-state index in [9.17, 15) is 13.2 Å². The van der Waals surface area contributed by atoms with Crippen LogP contribution in [0, 0.1) is 0 Å². The number of pyridine rings is 1. The Hall–Kier alpha value is -1.50. The van der Waals surface area contributed by atoms with E-state index in [-0.39, 0.29) is 12.3 Å². The second kappa shape index (κ2) is 5.90. The summed E-state index contributed by atoms with van der Waals surface area (Å²) in [7, 11) is 0. The van der Waals surface area contributed by atoms with Crippen molar-refractivity contribution in [1.29, 1.82) is 0 Å². The van der Waals surface area contributed by atoms with Crippen molar-refractivity contribution >= 4 is 11.4 Å². The molecule has 0 amide bonds. The number of rotatable bonds is 5. The highest BCUT2D eigenvalue weighted by Crippen LogP contribution is 2.32. The van der Waals surface area contributed by atoms with Crippen LogP contribution in [0.3, 0.4) is 0 Å². The highest BCUT2D eigenvalue weighted by atomic mass is 19.4. The lowest BCUT2D eigenvalue weighted by Crippen LogP contribution is -2.26. The van der Waals surface area contributed by atoms with Crippen LogP contribution in [0.1, 0.15) is 19.0 Å². The van der Waals surface area contributed by atoms with Gasteiger partial charge < -0.3 is 15.7 Å². The first-order valence-electron chi connectivity index (χ1n) is 5.58. The minimum Gasteiger partial charge on any atom is -0.396 e. The van der Waals surface area contributed by atoms with Crippen molar-refractivity contribution in [2.75, 3.05) is 30.3 Å². The average molecular weight is 263 g/mol. The number of nitrogens with two attached hydrogens (primary N) is 1. The van der Waals surface area contributed by atoms with Gasteiger partial charge in [0.05, 0.1) is 17.6 Å². The molecule has 0 atom stereocenters. The second-order valence-corrected chi connectivity index (χ2v) is 3.78. The number of aromatic nitrogens is 1. The SMILES string of the molecule is CCN(CCCO)c1cc(C(F)(F)F)ncc1N. The van der Waals surface area contributed by atoms with Crippen LogP contribution < -0.4 is 10.6 Å². The minimum absolute atomic E-state index is 0.0202. The van der Waals surface area contributed by atoms with Crippen LogP contribution in [-0.2, 0) is 6.18 Å². The molecule has 7 heteroatoms. The number of anilines is 2. The molecule has 0 aliphatic carbocycles. The van der Waals surface area contributed by atoms with Gasteiger partial charge >= 0.3 is 6.18 Å². The fourth-order valence-electron chi connectivity index (χ4n) is 1.59. The zero-order chi connectivity index (χ0) is 13.8. The first kappa shape index (κ1) is 14.6. The van der Waals surface area contributed by atoms with Gasteiger partial charge in [-0.2, -0.15) is 13.2 Å². The zero-order valence-electron chi connectivity index (χ0n) is 10.0. The van der Waals surface area contributed by atoms with Crippen LogP contribution in [-0.4, -0.2) is 29.8 Å². The molecule has 0 saturated heterocycles. The average Bonchev–Trinajstić information content (AvgIpc) is 2.30. The summed E-state index contributed by atoms with van der Waals surface area (Å²) in [5, 5.41) is 8.76. The van der Waals surface area contributed by atoms with Crippen LogP contribution in [0.4, 0.5) is 24.5 Å². The van der Waals surface area contributed by atoms with Crippen LogP contribution in [0.15, 0.2) is 12.3 Å². The van der Waals surface area contributed by atoms with E-state index in [0.717, 1.165) is 12.3 Å². The third-order valence-electron chi connectivity index (χ3n) is 2.51. The Bertz CT molecular complexity index is 396. The number of halogens is 3. The summed E-state index contributed by atoms with van der Waals surface area (Å²) < 4.78 is 37.7. The maximum Gasteiger partial charge on any atom is 0.433 e. The van der Waals surface area contributed by atoms with E-state index in [4.69, 9.17) is 10.8 Å². The fraction of sp³-hybridized carbons (Fsp3) is 0.545. The number of aliphatic hydroxyl groups excluding tert-OH is 1. The standard InChI is InChI=1S/C11H16F3N3O/c1-2-17(4-3-5-18)9-6-10(11(12,13)14)16-7-8(9)15/h6-7,18H,2-5,15H2,1H3. The van der Waals surface area contributed by atoms with Crippen molar-refractivity contribution in [3.05, 3.63) is 18.0 Å². The summed E-state index contributed by atoms with van der Waals surface area (Å²) in [6.07, 6.45) is -3.00. The minimum atomic E-state index is -4.49. The summed E-state index contributed by atoms with van der Waals surface area (Å²) in [5.41, 5.74) is 5.18. The van der Waals surface area contributed by atoms with Crippen molar-refractivity contribution in [2.45, 2.75) is 19.5 Å². The summed E-state index contributed by atoms with van der Waals surface area (Å²) in [6, 6.07) is 0.941. The number of nitrogens with zero attached hydrogens (tertiary/aromatic N) is 2. The molecule has 0 aliphatic heterocycles. The van der Waals surface area contributed by atoms with Crippen molar-refractivity contribution in [1.82, 2.24) is 4.98 Å². The summed E-state index contributed by atoms with van der Waals surface area (Å²) >= 11 is 0. The van der Waals surface area contributed by atoms with Gasteiger partial charge in [0.15, 0.2) is 0 Å². The molecule has 0 bridgehead atoms. The Balaban J connectivity index is 3.05. The first-order chi connectivity index (χ1) is 8.40. The fourth-order valence-corrected chi connectivity index (χ4v) is 1.59. The lowest BCUT2D eigenvalue weighted by atomic mass is 10.2. The smallest absolute Gasteiger partial charge is 0.396 e.